The van der Waals surface area contributed by atoms with Crippen LogP contribution in [0.15, 0.2) is 23.2 Å². The first-order valence-electron chi connectivity index (χ1n) is 7.32. The van der Waals surface area contributed by atoms with Gasteiger partial charge >= 0.3 is 0 Å². The van der Waals surface area contributed by atoms with Gasteiger partial charge in [-0.3, -0.25) is 4.99 Å². The molecule has 1 aliphatic carbocycles. The Morgan fingerprint density at radius 2 is 2.10 bits per heavy atom. The zero-order valence-electron chi connectivity index (χ0n) is 12.1. The monoisotopic (exact) mass is 292 g/mol. The molecule has 0 saturated heterocycles. The van der Waals surface area contributed by atoms with Gasteiger partial charge in [-0.2, -0.15) is 0 Å². The van der Waals surface area contributed by atoms with Gasteiger partial charge in [-0.15, -0.1) is 0 Å². The van der Waals surface area contributed by atoms with Gasteiger partial charge in [0.2, 0.25) is 0 Å². The third-order valence-electron chi connectivity index (χ3n) is 4.46. The van der Waals surface area contributed by atoms with Crippen LogP contribution < -0.4 is 5.32 Å². The van der Waals surface area contributed by atoms with E-state index in [1.165, 1.54) is 31.7 Å². The number of aryl methyl sites for hydroxylation is 1. The van der Waals surface area contributed by atoms with Gasteiger partial charge in [-0.1, -0.05) is 24.8 Å². The van der Waals surface area contributed by atoms with Crippen molar-refractivity contribution in [1.29, 1.82) is 0 Å². The molecule has 0 unspecified atom stereocenters. The highest BCUT2D eigenvalue weighted by molar-refractivity contribution is 8.14. The Morgan fingerprint density at radius 3 is 2.85 bits per heavy atom. The molecule has 1 aromatic rings. The third-order valence-corrected chi connectivity index (χ3v) is 5.61. The fourth-order valence-corrected chi connectivity index (χ4v) is 4.15. The predicted octanol–water partition coefficient (Wildman–Crippen LogP) is 4.60. The van der Waals surface area contributed by atoms with Crippen molar-refractivity contribution in [2.45, 2.75) is 45.1 Å². The Hall–Kier alpha value is -1.03. The van der Waals surface area contributed by atoms with E-state index in [0.717, 1.165) is 28.1 Å². The molecule has 4 heteroatoms. The molecular formula is C16H21FN2S. The SMILES string of the molecule is Cc1ccc(F)cc1NC1=NC2(CCC(C)CC2)CS1. The Balaban J connectivity index is 1.74. The summed E-state index contributed by atoms with van der Waals surface area (Å²) in [5, 5.41) is 4.26. The molecule has 108 valence electrons. The molecular weight excluding hydrogens is 271 g/mol. The molecule has 1 N–H and O–H groups in total. The molecule has 1 spiro atoms. The van der Waals surface area contributed by atoms with Crippen LogP contribution in [0.5, 0.6) is 0 Å². The first-order chi connectivity index (χ1) is 9.56. The minimum Gasteiger partial charge on any atom is -0.335 e. The van der Waals surface area contributed by atoms with Gasteiger partial charge in [-0.05, 0) is 56.2 Å². The quantitative estimate of drug-likeness (QED) is 0.818. The molecule has 0 bridgehead atoms. The summed E-state index contributed by atoms with van der Waals surface area (Å²) >= 11 is 1.77. The number of halogens is 1. The summed E-state index contributed by atoms with van der Waals surface area (Å²) < 4.78 is 13.3. The van der Waals surface area contributed by atoms with Crippen LogP contribution in [0.4, 0.5) is 10.1 Å². The van der Waals surface area contributed by atoms with Crippen molar-refractivity contribution in [1.82, 2.24) is 0 Å². The second-order valence-electron chi connectivity index (χ2n) is 6.20. The number of hydrogen-bond acceptors (Lipinski definition) is 3. The summed E-state index contributed by atoms with van der Waals surface area (Å²) in [6.45, 7) is 4.31. The van der Waals surface area contributed by atoms with Crippen molar-refractivity contribution in [3.8, 4) is 0 Å². The van der Waals surface area contributed by atoms with E-state index in [1.54, 1.807) is 23.9 Å². The van der Waals surface area contributed by atoms with Crippen molar-refractivity contribution in [2.24, 2.45) is 10.9 Å². The second-order valence-corrected chi connectivity index (χ2v) is 7.16. The minimum atomic E-state index is -0.206. The lowest BCUT2D eigenvalue weighted by atomic mass is 9.79. The number of anilines is 1. The molecule has 2 nitrogen and oxygen atoms in total. The number of nitrogens with zero attached hydrogens (tertiary/aromatic N) is 1. The average Bonchev–Trinajstić information content (AvgIpc) is 2.81. The van der Waals surface area contributed by atoms with E-state index in [1.807, 2.05) is 6.92 Å². The van der Waals surface area contributed by atoms with Crippen LogP contribution >= 0.6 is 11.8 Å². The third kappa shape index (κ3) is 2.85. The van der Waals surface area contributed by atoms with Gasteiger partial charge in [0.15, 0.2) is 5.17 Å². The predicted molar refractivity (Wildman–Crippen MR) is 85.0 cm³/mol. The maximum Gasteiger partial charge on any atom is 0.161 e. The Labute approximate surface area is 124 Å². The first-order valence-corrected chi connectivity index (χ1v) is 8.31. The van der Waals surface area contributed by atoms with Crippen LogP contribution in [-0.4, -0.2) is 16.5 Å². The largest absolute Gasteiger partial charge is 0.335 e. The lowest BCUT2D eigenvalue weighted by Crippen LogP contribution is -2.32. The van der Waals surface area contributed by atoms with Crippen LogP contribution in [-0.2, 0) is 0 Å². The molecule has 0 aromatic heterocycles. The number of aliphatic imine (C=N–C) groups is 1. The van der Waals surface area contributed by atoms with E-state index in [9.17, 15) is 4.39 Å². The fraction of sp³-hybridized carbons (Fsp3) is 0.562. The summed E-state index contributed by atoms with van der Waals surface area (Å²) in [7, 11) is 0. The van der Waals surface area contributed by atoms with Crippen LogP contribution in [0, 0.1) is 18.7 Å². The molecule has 2 aliphatic rings. The number of nitrogens with one attached hydrogen (secondary N) is 1. The van der Waals surface area contributed by atoms with E-state index in [-0.39, 0.29) is 11.4 Å². The van der Waals surface area contributed by atoms with Gasteiger partial charge in [0.05, 0.1) is 5.54 Å². The van der Waals surface area contributed by atoms with Gasteiger partial charge in [0.25, 0.3) is 0 Å². The van der Waals surface area contributed by atoms with Gasteiger partial charge in [0, 0.05) is 11.4 Å². The summed E-state index contributed by atoms with van der Waals surface area (Å²) in [5.74, 6) is 1.70. The topological polar surface area (TPSA) is 24.4 Å². The highest BCUT2D eigenvalue weighted by Gasteiger charge is 2.38. The number of hydrogen-bond donors (Lipinski definition) is 1. The Morgan fingerprint density at radius 1 is 1.35 bits per heavy atom. The fourth-order valence-electron chi connectivity index (χ4n) is 2.95. The van der Waals surface area contributed by atoms with Crippen molar-refractivity contribution in [2.75, 3.05) is 11.1 Å². The van der Waals surface area contributed by atoms with Crippen molar-refractivity contribution >= 4 is 22.6 Å². The number of rotatable bonds is 1. The minimum absolute atomic E-state index is 0.140. The summed E-state index contributed by atoms with van der Waals surface area (Å²) in [4.78, 5) is 4.93. The standard InChI is InChI=1S/C16H21FN2S/c1-11-5-7-16(8-6-11)10-20-15(19-16)18-14-9-13(17)4-3-12(14)2/h3-4,9,11H,5-8,10H2,1-2H3,(H,18,19). The molecule has 0 atom stereocenters. The van der Waals surface area contributed by atoms with E-state index in [0.29, 0.717) is 0 Å². The molecule has 3 rings (SSSR count). The smallest absolute Gasteiger partial charge is 0.161 e. The zero-order chi connectivity index (χ0) is 14.2. The van der Waals surface area contributed by atoms with Gasteiger partial charge < -0.3 is 5.32 Å². The average molecular weight is 292 g/mol. The number of benzene rings is 1. The lowest BCUT2D eigenvalue weighted by molar-refractivity contribution is 0.273. The van der Waals surface area contributed by atoms with Crippen molar-refractivity contribution in [3.05, 3.63) is 29.6 Å². The molecule has 0 radical (unpaired) electrons. The van der Waals surface area contributed by atoms with E-state index in [4.69, 9.17) is 4.99 Å². The van der Waals surface area contributed by atoms with Crippen LogP contribution in [0.3, 0.4) is 0 Å². The van der Waals surface area contributed by atoms with Gasteiger partial charge in [0.1, 0.15) is 5.82 Å². The summed E-state index contributed by atoms with van der Waals surface area (Å²) in [6.07, 6.45) is 4.93. The van der Waals surface area contributed by atoms with Gasteiger partial charge in [-0.25, -0.2) is 4.39 Å². The highest BCUT2D eigenvalue weighted by atomic mass is 32.2. The van der Waals surface area contributed by atoms with E-state index >= 15 is 0 Å². The Bertz CT molecular complexity index is 533. The molecule has 1 heterocycles. The molecule has 1 saturated carbocycles. The number of amidine groups is 1. The van der Waals surface area contributed by atoms with Crippen molar-refractivity contribution < 1.29 is 4.39 Å². The maximum absolute atomic E-state index is 13.3. The normalized spacial score (nSPS) is 29.6. The molecule has 1 aromatic carbocycles. The molecule has 1 aliphatic heterocycles. The van der Waals surface area contributed by atoms with Crippen molar-refractivity contribution in [3.63, 3.8) is 0 Å². The molecule has 0 amide bonds. The maximum atomic E-state index is 13.3. The zero-order valence-corrected chi connectivity index (χ0v) is 12.9. The number of thioether (sulfide) groups is 1. The second kappa shape index (κ2) is 5.40. The first kappa shape index (κ1) is 13.9. The van der Waals surface area contributed by atoms with Crippen LogP contribution in [0.25, 0.3) is 0 Å². The highest BCUT2D eigenvalue weighted by Crippen LogP contribution is 2.41. The molecule has 20 heavy (non-hydrogen) atoms. The van der Waals surface area contributed by atoms with Crippen LogP contribution in [0.2, 0.25) is 0 Å². The Kier molecular flexibility index (Phi) is 3.76. The van der Waals surface area contributed by atoms with E-state index < -0.39 is 0 Å². The molecule has 1 fully saturated rings. The summed E-state index contributed by atoms with van der Waals surface area (Å²) in [5.41, 5.74) is 2.02. The lowest BCUT2D eigenvalue weighted by Gasteiger charge is -2.32. The summed E-state index contributed by atoms with van der Waals surface area (Å²) in [6, 6.07) is 4.84. The van der Waals surface area contributed by atoms with Crippen LogP contribution in [0.1, 0.15) is 38.2 Å². The van der Waals surface area contributed by atoms with E-state index in [2.05, 4.69) is 12.2 Å².